The average molecular weight is 384 g/mol. The predicted molar refractivity (Wildman–Crippen MR) is 102 cm³/mol. The lowest BCUT2D eigenvalue weighted by Crippen LogP contribution is -2.30. The van der Waals surface area contributed by atoms with E-state index in [4.69, 9.17) is 0 Å². The van der Waals surface area contributed by atoms with Crippen LogP contribution in [-0.4, -0.2) is 40.9 Å². The molecule has 0 bridgehead atoms. The normalized spacial score (nSPS) is 18.8. The number of likely N-dealkylation sites (tertiary alicyclic amines) is 1. The third-order valence-electron chi connectivity index (χ3n) is 5.07. The molecule has 1 aliphatic heterocycles. The molecule has 1 heterocycles. The van der Waals surface area contributed by atoms with E-state index in [2.05, 4.69) is 5.32 Å². The minimum absolute atomic E-state index is 0.0868. The van der Waals surface area contributed by atoms with Gasteiger partial charge in [0.25, 0.3) is 11.8 Å². The van der Waals surface area contributed by atoms with E-state index in [1.807, 2.05) is 0 Å². The minimum Gasteiger partial charge on any atom is -0.481 e. The summed E-state index contributed by atoms with van der Waals surface area (Å²) in [5, 5.41) is 11.9. The molecule has 2 aromatic rings. The zero-order valence-electron chi connectivity index (χ0n) is 15.6. The molecule has 1 aliphatic rings. The van der Waals surface area contributed by atoms with Gasteiger partial charge < -0.3 is 15.3 Å². The summed E-state index contributed by atoms with van der Waals surface area (Å²) in [7, 11) is 0. The molecule has 2 amide bonds. The number of aryl methyl sites for hydroxylation is 1. The Labute approximate surface area is 162 Å². The maximum absolute atomic E-state index is 13.8. The summed E-state index contributed by atoms with van der Waals surface area (Å²) in [5.74, 6) is -3.16. The van der Waals surface area contributed by atoms with Crippen LogP contribution in [0.15, 0.2) is 42.5 Å². The summed E-state index contributed by atoms with van der Waals surface area (Å²) in [6, 6.07) is 10.5. The zero-order valence-corrected chi connectivity index (χ0v) is 15.6. The fourth-order valence-electron chi connectivity index (χ4n) is 3.36. The lowest BCUT2D eigenvalue weighted by Gasteiger charge is -2.17. The molecule has 1 saturated heterocycles. The van der Waals surface area contributed by atoms with E-state index in [0.717, 1.165) is 5.56 Å². The van der Waals surface area contributed by atoms with Crippen LogP contribution in [0.1, 0.15) is 33.2 Å². The average Bonchev–Trinajstić information content (AvgIpc) is 3.05. The van der Waals surface area contributed by atoms with Crippen molar-refractivity contribution in [3.63, 3.8) is 0 Å². The number of nitrogens with zero attached hydrogens (tertiary/aromatic N) is 1. The van der Waals surface area contributed by atoms with Crippen molar-refractivity contribution in [2.24, 2.45) is 11.8 Å². The Kier molecular flexibility index (Phi) is 5.44. The lowest BCUT2D eigenvalue weighted by molar-refractivity contribution is -0.142. The highest BCUT2D eigenvalue weighted by molar-refractivity contribution is 6.05. The molecule has 1 fully saturated rings. The number of nitrogens with one attached hydrogen (secondary N) is 1. The van der Waals surface area contributed by atoms with Crippen molar-refractivity contribution < 1.29 is 23.9 Å². The number of carbonyl (C=O) groups is 3. The SMILES string of the molecule is Cc1ccc(C(=O)N2C[C@@H](C)[C@H](C(=O)O)C2)cc1NC(=O)c1ccccc1F. The minimum atomic E-state index is -0.912. The molecule has 146 valence electrons. The molecule has 0 aliphatic carbocycles. The van der Waals surface area contributed by atoms with Gasteiger partial charge in [-0.15, -0.1) is 0 Å². The monoisotopic (exact) mass is 384 g/mol. The fourth-order valence-corrected chi connectivity index (χ4v) is 3.36. The van der Waals surface area contributed by atoms with E-state index in [-0.39, 0.29) is 23.9 Å². The molecular weight excluding hydrogens is 363 g/mol. The Bertz CT molecular complexity index is 944. The molecule has 28 heavy (non-hydrogen) atoms. The fraction of sp³-hybridized carbons (Fsp3) is 0.286. The second-order valence-corrected chi connectivity index (χ2v) is 7.10. The molecular formula is C21H21FN2O4. The molecule has 7 heteroatoms. The second-order valence-electron chi connectivity index (χ2n) is 7.10. The standard InChI is InChI=1S/C21H21FN2O4/c1-12-7-8-14(20(26)24-10-13(2)16(11-24)21(27)28)9-18(12)23-19(25)15-5-3-4-6-17(15)22/h3-9,13,16H,10-11H2,1-2H3,(H,23,25)(H,27,28)/t13-,16-/m1/s1. The topological polar surface area (TPSA) is 86.7 Å². The summed E-state index contributed by atoms with van der Waals surface area (Å²) >= 11 is 0. The van der Waals surface area contributed by atoms with Gasteiger partial charge in [0.15, 0.2) is 0 Å². The van der Waals surface area contributed by atoms with Crippen molar-refractivity contribution in [2.45, 2.75) is 13.8 Å². The summed E-state index contributed by atoms with van der Waals surface area (Å²) in [4.78, 5) is 38.0. The first-order chi connectivity index (χ1) is 13.3. The number of carbonyl (C=O) groups excluding carboxylic acids is 2. The number of hydrogen-bond acceptors (Lipinski definition) is 3. The quantitative estimate of drug-likeness (QED) is 0.848. The van der Waals surface area contributed by atoms with Gasteiger partial charge in [0.2, 0.25) is 0 Å². The van der Waals surface area contributed by atoms with Gasteiger partial charge in [-0.3, -0.25) is 14.4 Å². The smallest absolute Gasteiger partial charge is 0.308 e. The number of aliphatic carboxylic acids is 1. The highest BCUT2D eigenvalue weighted by Crippen LogP contribution is 2.26. The molecule has 0 spiro atoms. The van der Waals surface area contributed by atoms with Crippen LogP contribution in [0.3, 0.4) is 0 Å². The van der Waals surface area contributed by atoms with Crippen LogP contribution in [0, 0.1) is 24.6 Å². The second kappa shape index (κ2) is 7.80. The highest BCUT2D eigenvalue weighted by atomic mass is 19.1. The Balaban J connectivity index is 1.80. The number of rotatable bonds is 4. The van der Waals surface area contributed by atoms with Crippen LogP contribution in [0.5, 0.6) is 0 Å². The Morgan fingerprint density at radius 3 is 2.50 bits per heavy atom. The molecule has 0 aromatic heterocycles. The first-order valence-electron chi connectivity index (χ1n) is 8.96. The van der Waals surface area contributed by atoms with Crippen molar-refractivity contribution in [3.8, 4) is 0 Å². The summed E-state index contributed by atoms with van der Waals surface area (Å²) in [6.07, 6.45) is 0. The molecule has 2 atom stereocenters. The molecule has 0 saturated carbocycles. The van der Waals surface area contributed by atoms with Crippen LogP contribution >= 0.6 is 0 Å². The number of anilines is 1. The molecule has 6 nitrogen and oxygen atoms in total. The van der Waals surface area contributed by atoms with Crippen LogP contribution in [0.2, 0.25) is 0 Å². The number of carboxylic acid groups (broad SMARTS) is 1. The maximum atomic E-state index is 13.8. The van der Waals surface area contributed by atoms with E-state index in [1.165, 1.54) is 29.2 Å². The Morgan fingerprint density at radius 1 is 1.14 bits per heavy atom. The van der Waals surface area contributed by atoms with Crippen molar-refractivity contribution in [2.75, 3.05) is 18.4 Å². The maximum Gasteiger partial charge on any atom is 0.308 e. The molecule has 3 rings (SSSR count). The van der Waals surface area contributed by atoms with Crippen molar-refractivity contribution in [1.29, 1.82) is 0 Å². The zero-order chi connectivity index (χ0) is 20.4. The van der Waals surface area contributed by atoms with E-state index < -0.39 is 23.6 Å². The summed E-state index contributed by atoms with van der Waals surface area (Å²) in [6.45, 7) is 4.09. The van der Waals surface area contributed by atoms with Gasteiger partial charge in [0, 0.05) is 24.3 Å². The van der Waals surface area contributed by atoms with Gasteiger partial charge in [-0.2, -0.15) is 0 Å². The number of carboxylic acids is 1. The number of halogens is 1. The molecule has 0 unspecified atom stereocenters. The van der Waals surface area contributed by atoms with Gasteiger partial charge in [-0.25, -0.2) is 4.39 Å². The van der Waals surface area contributed by atoms with E-state index in [1.54, 1.807) is 32.0 Å². The predicted octanol–water partition coefficient (Wildman–Crippen LogP) is 3.18. The Hall–Kier alpha value is -3.22. The summed E-state index contributed by atoms with van der Waals surface area (Å²) < 4.78 is 13.8. The van der Waals surface area contributed by atoms with Gasteiger partial charge in [-0.05, 0) is 42.7 Å². The number of benzene rings is 2. The third-order valence-corrected chi connectivity index (χ3v) is 5.07. The lowest BCUT2D eigenvalue weighted by atomic mass is 9.99. The van der Waals surface area contributed by atoms with Crippen LogP contribution in [-0.2, 0) is 4.79 Å². The number of amides is 2. The number of hydrogen-bond donors (Lipinski definition) is 2. The van der Waals surface area contributed by atoms with Gasteiger partial charge >= 0.3 is 5.97 Å². The Morgan fingerprint density at radius 2 is 1.86 bits per heavy atom. The van der Waals surface area contributed by atoms with E-state index in [0.29, 0.717) is 17.8 Å². The van der Waals surface area contributed by atoms with Crippen molar-refractivity contribution >= 4 is 23.5 Å². The highest BCUT2D eigenvalue weighted by Gasteiger charge is 2.37. The molecule has 0 radical (unpaired) electrons. The molecule has 2 aromatic carbocycles. The van der Waals surface area contributed by atoms with Crippen molar-refractivity contribution in [1.82, 2.24) is 4.90 Å². The molecule has 2 N–H and O–H groups in total. The van der Waals surface area contributed by atoms with Gasteiger partial charge in [0.05, 0.1) is 11.5 Å². The van der Waals surface area contributed by atoms with Gasteiger partial charge in [0.1, 0.15) is 5.82 Å². The first kappa shape index (κ1) is 19.5. The van der Waals surface area contributed by atoms with Gasteiger partial charge in [-0.1, -0.05) is 25.1 Å². The largest absolute Gasteiger partial charge is 0.481 e. The first-order valence-corrected chi connectivity index (χ1v) is 8.96. The van der Waals surface area contributed by atoms with Crippen LogP contribution in [0.25, 0.3) is 0 Å². The van der Waals surface area contributed by atoms with Crippen molar-refractivity contribution in [3.05, 3.63) is 65.0 Å². The van der Waals surface area contributed by atoms with Crippen LogP contribution < -0.4 is 5.32 Å². The van der Waals surface area contributed by atoms with Crippen LogP contribution in [0.4, 0.5) is 10.1 Å². The van der Waals surface area contributed by atoms with E-state index >= 15 is 0 Å². The third kappa shape index (κ3) is 3.88. The summed E-state index contributed by atoms with van der Waals surface area (Å²) in [5.41, 5.74) is 1.38. The van der Waals surface area contributed by atoms with E-state index in [9.17, 15) is 23.9 Å².